The van der Waals surface area contributed by atoms with Crippen molar-refractivity contribution >= 4 is 16.8 Å². The third-order valence-corrected chi connectivity index (χ3v) is 2.58. The van der Waals surface area contributed by atoms with Crippen molar-refractivity contribution in [1.29, 1.82) is 0 Å². The lowest BCUT2D eigenvalue weighted by Gasteiger charge is -2.10. The number of halogens is 2. The largest absolute Gasteiger partial charge is 0.385 e. The first-order valence-electron chi connectivity index (χ1n) is 5.39. The van der Waals surface area contributed by atoms with Crippen molar-refractivity contribution in [2.24, 2.45) is 0 Å². The molecule has 0 aliphatic heterocycles. The number of nitrogens with one attached hydrogen (secondary N) is 2. The second kappa shape index (κ2) is 5.14. The quantitative estimate of drug-likeness (QED) is 0.774. The number of aliphatic hydroxyl groups excluding tert-OH is 1. The maximum Gasteiger partial charge on any atom is 0.265 e. The molecule has 1 atom stereocenters. The zero-order chi connectivity index (χ0) is 13.1. The molecule has 0 aliphatic rings. The summed E-state index contributed by atoms with van der Waals surface area (Å²) < 4.78 is 24.1. The molecule has 1 amide bonds. The minimum absolute atomic E-state index is 0.364. The van der Waals surface area contributed by atoms with Gasteiger partial charge in [-0.25, -0.2) is 8.78 Å². The molecule has 1 heterocycles. The van der Waals surface area contributed by atoms with Crippen LogP contribution in [-0.2, 0) is 0 Å². The molecule has 1 aromatic carbocycles. The predicted octanol–water partition coefficient (Wildman–Crippen LogP) is 1.52. The molecule has 3 N–H and O–H groups in total. The number of aromatic amines is 1. The highest BCUT2D eigenvalue weighted by molar-refractivity contribution is 5.98. The summed E-state index contributed by atoms with van der Waals surface area (Å²) >= 11 is 0. The van der Waals surface area contributed by atoms with Crippen LogP contribution in [0, 0.1) is 0 Å². The monoisotopic (exact) mass is 254 g/mol. The van der Waals surface area contributed by atoms with E-state index in [1.807, 2.05) is 0 Å². The fourth-order valence-corrected chi connectivity index (χ4v) is 1.58. The Labute approximate surface area is 102 Å². The zero-order valence-corrected chi connectivity index (χ0v) is 9.36. The van der Waals surface area contributed by atoms with Gasteiger partial charge in [-0.2, -0.15) is 0 Å². The number of aromatic nitrogens is 1. The lowest BCUT2D eigenvalue weighted by atomic mass is 10.1. The Balaban J connectivity index is 2.04. The van der Waals surface area contributed by atoms with Crippen LogP contribution in [0.15, 0.2) is 30.5 Å². The van der Waals surface area contributed by atoms with Crippen LogP contribution < -0.4 is 5.32 Å². The number of rotatable bonds is 4. The molecular formula is C12H12F2N2O2. The number of alkyl halides is 2. The molecule has 2 rings (SSSR count). The number of amides is 1. The first kappa shape index (κ1) is 12.5. The van der Waals surface area contributed by atoms with Gasteiger partial charge in [0.05, 0.1) is 0 Å². The Bertz CT molecular complexity index is 554. The zero-order valence-electron chi connectivity index (χ0n) is 9.36. The van der Waals surface area contributed by atoms with E-state index >= 15 is 0 Å². The van der Waals surface area contributed by atoms with Crippen LogP contribution in [0.25, 0.3) is 10.9 Å². The third-order valence-electron chi connectivity index (χ3n) is 2.58. The molecule has 0 aliphatic carbocycles. The Hall–Kier alpha value is -1.95. The minimum atomic E-state index is -2.86. The van der Waals surface area contributed by atoms with Gasteiger partial charge in [-0.15, -0.1) is 0 Å². The standard InChI is InChI=1S/C12H12F2N2O2/c13-11(14)10(17)6-16-12(18)8-1-2-9-7(5-8)3-4-15-9/h1-5,10-11,15,17H,6H2,(H,16,18). The maximum absolute atomic E-state index is 12.0. The highest BCUT2D eigenvalue weighted by Gasteiger charge is 2.17. The van der Waals surface area contributed by atoms with Gasteiger partial charge in [-0.3, -0.25) is 4.79 Å². The molecule has 96 valence electrons. The van der Waals surface area contributed by atoms with Crippen molar-refractivity contribution in [3.05, 3.63) is 36.0 Å². The summed E-state index contributed by atoms with van der Waals surface area (Å²) in [6.45, 7) is -0.471. The SMILES string of the molecule is O=C(NCC(O)C(F)F)c1ccc2[nH]ccc2c1. The van der Waals surface area contributed by atoms with Gasteiger partial charge >= 0.3 is 0 Å². The Morgan fingerprint density at radius 2 is 2.17 bits per heavy atom. The fraction of sp³-hybridized carbons (Fsp3) is 0.250. The van der Waals surface area contributed by atoms with Gasteiger partial charge in [0.15, 0.2) is 0 Å². The van der Waals surface area contributed by atoms with Gasteiger partial charge in [-0.1, -0.05) is 0 Å². The molecule has 0 radical (unpaired) electrons. The second-order valence-corrected chi connectivity index (χ2v) is 3.89. The van der Waals surface area contributed by atoms with Crippen molar-refractivity contribution in [1.82, 2.24) is 10.3 Å². The average Bonchev–Trinajstić information content (AvgIpc) is 2.82. The van der Waals surface area contributed by atoms with Crippen LogP contribution in [0.1, 0.15) is 10.4 Å². The van der Waals surface area contributed by atoms with E-state index in [1.165, 1.54) is 0 Å². The molecule has 2 aromatic rings. The van der Waals surface area contributed by atoms with E-state index in [9.17, 15) is 13.6 Å². The number of hydrogen-bond donors (Lipinski definition) is 3. The molecule has 0 saturated carbocycles. The Morgan fingerprint density at radius 3 is 2.89 bits per heavy atom. The fourth-order valence-electron chi connectivity index (χ4n) is 1.58. The summed E-state index contributed by atoms with van der Waals surface area (Å²) in [5.41, 5.74) is 1.25. The first-order valence-corrected chi connectivity index (χ1v) is 5.39. The Kier molecular flexibility index (Phi) is 3.57. The Morgan fingerprint density at radius 1 is 1.39 bits per heavy atom. The van der Waals surface area contributed by atoms with Crippen LogP contribution in [0.4, 0.5) is 8.78 Å². The average molecular weight is 254 g/mol. The van der Waals surface area contributed by atoms with Crippen LogP contribution in [0.3, 0.4) is 0 Å². The number of hydrogen-bond acceptors (Lipinski definition) is 2. The molecule has 0 spiro atoms. The number of H-pyrrole nitrogens is 1. The molecule has 18 heavy (non-hydrogen) atoms. The smallest absolute Gasteiger partial charge is 0.265 e. The van der Waals surface area contributed by atoms with Gasteiger partial charge in [-0.05, 0) is 24.3 Å². The van der Waals surface area contributed by atoms with Crippen LogP contribution in [0.5, 0.6) is 0 Å². The van der Waals surface area contributed by atoms with E-state index in [-0.39, 0.29) is 0 Å². The van der Waals surface area contributed by atoms with E-state index < -0.39 is 25.0 Å². The summed E-state index contributed by atoms with van der Waals surface area (Å²) in [7, 11) is 0. The summed E-state index contributed by atoms with van der Waals surface area (Å²) in [6, 6.07) is 6.77. The summed E-state index contributed by atoms with van der Waals surface area (Å²) in [5, 5.41) is 12.0. The molecule has 0 bridgehead atoms. The molecule has 4 nitrogen and oxygen atoms in total. The molecule has 1 aromatic heterocycles. The number of fused-ring (bicyclic) bond motifs is 1. The van der Waals surface area contributed by atoms with Gasteiger partial charge in [0.2, 0.25) is 0 Å². The van der Waals surface area contributed by atoms with E-state index in [2.05, 4.69) is 10.3 Å². The topological polar surface area (TPSA) is 65.1 Å². The van der Waals surface area contributed by atoms with Gasteiger partial charge in [0, 0.05) is 29.2 Å². The second-order valence-electron chi connectivity index (χ2n) is 3.89. The van der Waals surface area contributed by atoms with E-state index in [0.717, 1.165) is 10.9 Å². The maximum atomic E-state index is 12.0. The highest BCUT2D eigenvalue weighted by atomic mass is 19.3. The minimum Gasteiger partial charge on any atom is -0.385 e. The molecule has 1 unspecified atom stereocenters. The van der Waals surface area contributed by atoms with E-state index in [4.69, 9.17) is 5.11 Å². The summed E-state index contributed by atoms with van der Waals surface area (Å²) in [6.07, 6.45) is -2.96. The lowest BCUT2D eigenvalue weighted by Crippen LogP contribution is -2.35. The summed E-state index contributed by atoms with van der Waals surface area (Å²) in [4.78, 5) is 14.6. The lowest BCUT2D eigenvalue weighted by molar-refractivity contribution is -0.00270. The van der Waals surface area contributed by atoms with Gasteiger partial charge in [0.1, 0.15) is 6.10 Å². The van der Waals surface area contributed by atoms with E-state index in [0.29, 0.717) is 5.56 Å². The normalized spacial score (nSPS) is 12.9. The molecule has 0 fully saturated rings. The van der Waals surface area contributed by atoms with Gasteiger partial charge < -0.3 is 15.4 Å². The number of carbonyl (C=O) groups is 1. The predicted molar refractivity (Wildman–Crippen MR) is 62.6 cm³/mol. The van der Waals surface area contributed by atoms with Crippen molar-refractivity contribution in [2.75, 3.05) is 6.54 Å². The molecule has 6 heteroatoms. The van der Waals surface area contributed by atoms with E-state index in [1.54, 1.807) is 30.5 Å². The number of benzene rings is 1. The van der Waals surface area contributed by atoms with Crippen molar-refractivity contribution in [3.8, 4) is 0 Å². The van der Waals surface area contributed by atoms with Crippen molar-refractivity contribution in [3.63, 3.8) is 0 Å². The third kappa shape index (κ3) is 2.65. The first-order chi connectivity index (χ1) is 8.58. The number of aliphatic hydroxyl groups is 1. The summed E-state index contributed by atoms with van der Waals surface area (Å²) in [5.74, 6) is -0.488. The molecular weight excluding hydrogens is 242 g/mol. The van der Waals surface area contributed by atoms with Crippen molar-refractivity contribution in [2.45, 2.75) is 12.5 Å². The van der Waals surface area contributed by atoms with Crippen LogP contribution >= 0.6 is 0 Å². The molecule has 0 saturated heterocycles. The number of carbonyl (C=O) groups excluding carboxylic acids is 1. The van der Waals surface area contributed by atoms with Crippen molar-refractivity contribution < 1.29 is 18.7 Å². The van der Waals surface area contributed by atoms with Gasteiger partial charge in [0.25, 0.3) is 12.3 Å². The highest BCUT2D eigenvalue weighted by Crippen LogP contribution is 2.14. The van der Waals surface area contributed by atoms with Crippen LogP contribution in [-0.4, -0.2) is 35.1 Å². The van der Waals surface area contributed by atoms with Crippen LogP contribution in [0.2, 0.25) is 0 Å².